The molecular formula is C13H15N3O2S2. The van der Waals surface area contributed by atoms with Crippen molar-refractivity contribution in [2.45, 2.75) is 25.1 Å². The fraction of sp³-hybridized carbons (Fsp3) is 0.462. The van der Waals surface area contributed by atoms with Crippen LogP contribution in [0.2, 0.25) is 0 Å². The Morgan fingerprint density at radius 3 is 3.20 bits per heavy atom. The van der Waals surface area contributed by atoms with Crippen LogP contribution in [0.25, 0.3) is 4.96 Å². The molecule has 0 unspecified atom stereocenters. The second-order valence-corrected chi connectivity index (χ2v) is 6.80. The molecule has 20 heavy (non-hydrogen) atoms. The Labute approximate surface area is 124 Å². The van der Waals surface area contributed by atoms with Gasteiger partial charge in [0.05, 0.1) is 5.37 Å². The van der Waals surface area contributed by atoms with Crippen molar-refractivity contribution in [3.8, 4) is 0 Å². The molecule has 106 valence electrons. The molecule has 0 bridgehead atoms. The van der Waals surface area contributed by atoms with Gasteiger partial charge in [0.2, 0.25) is 0 Å². The van der Waals surface area contributed by atoms with E-state index in [1.165, 1.54) is 21.9 Å². The minimum atomic E-state index is -0.270. The van der Waals surface area contributed by atoms with E-state index in [1.807, 2.05) is 4.90 Å². The van der Waals surface area contributed by atoms with E-state index in [9.17, 15) is 9.59 Å². The molecule has 0 aromatic carbocycles. The van der Waals surface area contributed by atoms with Crippen LogP contribution >= 0.6 is 23.1 Å². The van der Waals surface area contributed by atoms with Crippen molar-refractivity contribution < 1.29 is 4.79 Å². The third-order valence-electron chi connectivity index (χ3n) is 3.36. The van der Waals surface area contributed by atoms with Crippen molar-refractivity contribution in [3.63, 3.8) is 0 Å². The number of amides is 1. The van der Waals surface area contributed by atoms with Gasteiger partial charge in [0.15, 0.2) is 4.96 Å². The second kappa shape index (κ2) is 5.57. The highest BCUT2D eigenvalue weighted by Gasteiger charge is 2.31. The molecule has 1 amide bonds. The highest BCUT2D eigenvalue weighted by atomic mass is 32.2. The predicted molar refractivity (Wildman–Crippen MR) is 81.5 cm³/mol. The normalized spacial score (nSPS) is 18.9. The average Bonchev–Trinajstić information content (AvgIpc) is 3.07. The standard InChI is InChI=1S/C13H15N3O2S2/c1-2-3-10-15(4-6-19-10)11(17)9-8-14-13-16(12(9)18)5-7-20-13/h5,7-8,10H,2-4,6H2,1H3/t10-/m0/s1. The van der Waals surface area contributed by atoms with E-state index in [4.69, 9.17) is 0 Å². The van der Waals surface area contributed by atoms with E-state index in [0.29, 0.717) is 11.5 Å². The number of carbonyl (C=O) groups is 1. The Bertz CT molecular complexity index is 694. The van der Waals surface area contributed by atoms with Crippen molar-refractivity contribution in [1.82, 2.24) is 14.3 Å². The number of aromatic nitrogens is 2. The van der Waals surface area contributed by atoms with E-state index >= 15 is 0 Å². The van der Waals surface area contributed by atoms with Crippen LogP contribution in [0.1, 0.15) is 30.1 Å². The summed E-state index contributed by atoms with van der Waals surface area (Å²) in [7, 11) is 0. The Kier molecular flexibility index (Phi) is 3.80. The zero-order chi connectivity index (χ0) is 14.1. The maximum Gasteiger partial charge on any atom is 0.271 e. The summed E-state index contributed by atoms with van der Waals surface area (Å²) < 4.78 is 1.44. The van der Waals surface area contributed by atoms with Crippen molar-refractivity contribution in [2.75, 3.05) is 12.3 Å². The minimum absolute atomic E-state index is 0.171. The molecule has 3 heterocycles. The van der Waals surface area contributed by atoms with Crippen LogP contribution in [0.3, 0.4) is 0 Å². The van der Waals surface area contributed by atoms with Crippen molar-refractivity contribution in [1.29, 1.82) is 0 Å². The van der Waals surface area contributed by atoms with E-state index < -0.39 is 0 Å². The quantitative estimate of drug-likeness (QED) is 0.871. The topological polar surface area (TPSA) is 54.7 Å². The SMILES string of the molecule is CCC[C@@H]1SCCN1C(=O)c1cnc2sccn2c1=O. The van der Waals surface area contributed by atoms with Gasteiger partial charge in [0, 0.05) is 30.1 Å². The summed E-state index contributed by atoms with van der Waals surface area (Å²) in [6.07, 6.45) is 5.07. The Hall–Kier alpha value is -1.34. The number of hydrogen-bond acceptors (Lipinski definition) is 5. The molecule has 1 atom stereocenters. The number of nitrogens with zero attached hydrogens (tertiary/aromatic N) is 3. The Morgan fingerprint density at radius 1 is 1.55 bits per heavy atom. The first-order chi connectivity index (χ1) is 9.72. The van der Waals surface area contributed by atoms with Gasteiger partial charge in [-0.25, -0.2) is 4.98 Å². The summed E-state index contributed by atoms with van der Waals surface area (Å²) in [6.45, 7) is 2.81. The number of fused-ring (bicyclic) bond motifs is 1. The molecule has 0 aliphatic carbocycles. The number of rotatable bonds is 3. The first kappa shape index (κ1) is 13.6. The first-order valence-electron chi connectivity index (χ1n) is 6.60. The second-order valence-electron chi connectivity index (χ2n) is 4.65. The van der Waals surface area contributed by atoms with Crippen LogP contribution in [0.4, 0.5) is 0 Å². The molecule has 1 aliphatic heterocycles. The van der Waals surface area contributed by atoms with E-state index in [2.05, 4.69) is 11.9 Å². The van der Waals surface area contributed by atoms with Crippen LogP contribution in [0, 0.1) is 0 Å². The van der Waals surface area contributed by atoms with Crippen LogP contribution in [-0.2, 0) is 0 Å². The van der Waals surface area contributed by atoms with Crippen molar-refractivity contribution in [3.05, 3.63) is 33.7 Å². The van der Waals surface area contributed by atoms with Gasteiger partial charge in [-0.05, 0) is 6.42 Å². The monoisotopic (exact) mass is 309 g/mol. The summed E-state index contributed by atoms with van der Waals surface area (Å²) >= 11 is 3.17. The molecule has 1 aliphatic rings. The first-order valence-corrected chi connectivity index (χ1v) is 8.52. The molecule has 2 aromatic heterocycles. The zero-order valence-corrected chi connectivity index (χ0v) is 12.7. The lowest BCUT2D eigenvalue weighted by Crippen LogP contribution is -2.38. The van der Waals surface area contributed by atoms with E-state index in [1.54, 1.807) is 23.3 Å². The molecular weight excluding hydrogens is 294 g/mol. The molecule has 0 spiro atoms. The third-order valence-corrected chi connectivity index (χ3v) is 5.42. The summed E-state index contributed by atoms with van der Waals surface area (Å²) in [5, 5.41) is 1.99. The van der Waals surface area contributed by atoms with Gasteiger partial charge in [-0.3, -0.25) is 14.0 Å². The lowest BCUT2D eigenvalue weighted by molar-refractivity contribution is 0.0754. The predicted octanol–water partition coefficient (Wildman–Crippen LogP) is 2.07. The molecule has 7 heteroatoms. The molecule has 3 rings (SSSR count). The van der Waals surface area contributed by atoms with E-state index in [-0.39, 0.29) is 22.4 Å². The smallest absolute Gasteiger partial charge is 0.271 e. The van der Waals surface area contributed by atoms with E-state index in [0.717, 1.165) is 18.6 Å². The van der Waals surface area contributed by atoms with Gasteiger partial charge in [-0.2, -0.15) is 0 Å². The highest BCUT2D eigenvalue weighted by molar-refractivity contribution is 8.00. The molecule has 0 radical (unpaired) electrons. The molecule has 0 N–H and O–H groups in total. The molecule has 2 aromatic rings. The van der Waals surface area contributed by atoms with Crippen LogP contribution < -0.4 is 5.56 Å². The van der Waals surface area contributed by atoms with Gasteiger partial charge >= 0.3 is 0 Å². The van der Waals surface area contributed by atoms with Crippen LogP contribution in [0.5, 0.6) is 0 Å². The number of carbonyl (C=O) groups excluding carboxylic acids is 1. The van der Waals surface area contributed by atoms with Crippen molar-refractivity contribution >= 4 is 34.0 Å². The Morgan fingerprint density at radius 2 is 2.40 bits per heavy atom. The molecule has 5 nitrogen and oxygen atoms in total. The van der Waals surface area contributed by atoms with Gasteiger partial charge in [0.1, 0.15) is 5.56 Å². The molecule has 1 saturated heterocycles. The summed E-state index contributed by atoms with van der Waals surface area (Å²) in [4.78, 5) is 31.5. The van der Waals surface area contributed by atoms with Crippen molar-refractivity contribution in [2.24, 2.45) is 0 Å². The van der Waals surface area contributed by atoms with Gasteiger partial charge < -0.3 is 4.90 Å². The molecule has 1 fully saturated rings. The number of thiazole rings is 1. The summed E-state index contributed by atoms with van der Waals surface area (Å²) in [5.74, 6) is 0.748. The van der Waals surface area contributed by atoms with Crippen LogP contribution in [-0.4, -0.2) is 37.9 Å². The number of thioether (sulfide) groups is 1. The molecule has 0 saturated carbocycles. The van der Waals surface area contributed by atoms with Crippen LogP contribution in [0.15, 0.2) is 22.6 Å². The van der Waals surface area contributed by atoms with Gasteiger partial charge in [-0.15, -0.1) is 23.1 Å². The fourth-order valence-electron chi connectivity index (χ4n) is 2.37. The summed E-state index contributed by atoms with van der Waals surface area (Å²) in [5.41, 5.74) is -0.0992. The highest BCUT2D eigenvalue weighted by Crippen LogP contribution is 2.28. The zero-order valence-electron chi connectivity index (χ0n) is 11.1. The maximum atomic E-state index is 12.6. The number of hydrogen-bond donors (Lipinski definition) is 0. The minimum Gasteiger partial charge on any atom is -0.326 e. The lowest BCUT2D eigenvalue weighted by Gasteiger charge is -2.22. The van der Waals surface area contributed by atoms with Gasteiger partial charge in [0.25, 0.3) is 11.5 Å². The Balaban J connectivity index is 1.96. The maximum absolute atomic E-state index is 12.6. The van der Waals surface area contributed by atoms with Gasteiger partial charge in [-0.1, -0.05) is 13.3 Å². The fourth-order valence-corrected chi connectivity index (χ4v) is 4.40. The lowest BCUT2D eigenvalue weighted by atomic mass is 10.2. The largest absolute Gasteiger partial charge is 0.326 e. The third kappa shape index (κ3) is 2.25. The average molecular weight is 309 g/mol. The summed E-state index contributed by atoms with van der Waals surface area (Å²) in [6, 6.07) is 0.